The molecule has 2 aromatic carbocycles. The van der Waals surface area contributed by atoms with E-state index in [-0.39, 0.29) is 5.75 Å². The second-order valence-electron chi connectivity index (χ2n) is 3.04. The lowest BCUT2D eigenvalue weighted by molar-refractivity contribution is 0.476. The summed E-state index contributed by atoms with van der Waals surface area (Å²) >= 11 is 0. The maximum Gasteiger partial charge on any atom is 0.116 e. The fraction of sp³-hybridized carbons (Fsp3) is 0. The number of aromatic hydroxyl groups is 1. The molecule has 2 aromatic rings. The summed E-state index contributed by atoms with van der Waals surface area (Å²) in [5.74, 6) is 0.152. The number of hydrogen-bond donors (Lipinski definition) is 2. The lowest BCUT2D eigenvalue weighted by atomic mass is 10.0. The SMILES string of the molecule is N#Cc1ccc(N)c2cc(O)ccc12. The van der Waals surface area contributed by atoms with Crippen LogP contribution in [0.2, 0.25) is 0 Å². The number of phenols is 1. The molecule has 0 atom stereocenters. The van der Waals surface area contributed by atoms with Crippen molar-refractivity contribution in [3.8, 4) is 11.8 Å². The quantitative estimate of drug-likeness (QED) is 0.615. The fourth-order valence-corrected chi connectivity index (χ4v) is 1.46. The minimum Gasteiger partial charge on any atom is -0.508 e. The van der Waals surface area contributed by atoms with Crippen LogP contribution in [0.4, 0.5) is 5.69 Å². The number of nitrogen functional groups attached to an aromatic ring is 1. The van der Waals surface area contributed by atoms with E-state index in [1.807, 2.05) is 0 Å². The largest absolute Gasteiger partial charge is 0.508 e. The molecule has 0 fully saturated rings. The fourth-order valence-electron chi connectivity index (χ4n) is 1.46. The molecule has 3 heteroatoms. The van der Waals surface area contributed by atoms with Crippen molar-refractivity contribution < 1.29 is 5.11 Å². The molecule has 0 aromatic heterocycles. The van der Waals surface area contributed by atoms with Crippen LogP contribution in [-0.4, -0.2) is 5.11 Å². The maximum atomic E-state index is 9.28. The zero-order valence-corrected chi connectivity index (χ0v) is 7.36. The number of benzene rings is 2. The maximum absolute atomic E-state index is 9.28. The van der Waals surface area contributed by atoms with Crippen molar-refractivity contribution >= 4 is 16.5 Å². The molecule has 0 heterocycles. The number of phenolic OH excluding ortho intramolecular Hbond substituents is 1. The highest BCUT2D eigenvalue weighted by atomic mass is 16.3. The second-order valence-corrected chi connectivity index (χ2v) is 3.04. The van der Waals surface area contributed by atoms with Gasteiger partial charge in [0.05, 0.1) is 11.6 Å². The Morgan fingerprint density at radius 2 is 1.93 bits per heavy atom. The van der Waals surface area contributed by atoms with E-state index in [1.54, 1.807) is 30.3 Å². The third-order valence-electron chi connectivity index (χ3n) is 2.15. The van der Waals surface area contributed by atoms with Gasteiger partial charge >= 0.3 is 0 Å². The Morgan fingerprint density at radius 1 is 1.14 bits per heavy atom. The van der Waals surface area contributed by atoms with Gasteiger partial charge in [0, 0.05) is 16.5 Å². The smallest absolute Gasteiger partial charge is 0.116 e. The van der Waals surface area contributed by atoms with E-state index in [2.05, 4.69) is 6.07 Å². The van der Waals surface area contributed by atoms with Crippen molar-refractivity contribution in [2.75, 3.05) is 5.73 Å². The Balaban J connectivity index is 2.93. The van der Waals surface area contributed by atoms with Gasteiger partial charge in [-0.05, 0) is 30.3 Å². The first kappa shape index (κ1) is 8.39. The molecule has 0 aliphatic rings. The number of nitriles is 1. The van der Waals surface area contributed by atoms with E-state index in [1.165, 1.54) is 0 Å². The van der Waals surface area contributed by atoms with Gasteiger partial charge in [0.2, 0.25) is 0 Å². The summed E-state index contributed by atoms with van der Waals surface area (Å²) in [5, 5.41) is 19.6. The normalized spacial score (nSPS) is 9.93. The van der Waals surface area contributed by atoms with E-state index < -0.39 is 0 Å². The number of rotatable bonds is 0. The van der Waals surface area contributed by atoms with Crippen LogP contribution in [0.1, 0.15) is 5.56 Å². The van der Waals surface area contributed by atoms with Crippen LogP contribution < -0.4 is 5.73 Å². The topological polar surface area (TPSA) is 70.0 Å². The molecule has 3 nitrogen and oxygen atoms in total. The molecule has 0 aliphatic carbocycles. The van der Waals surface area contributed by atoms with Gasteiger partial charge in [-0.2, -0.15) is 5.26 Å². The van der Waals surface area contributed by atoms with Crippen LogP contribution in [0.25, 0.3) is 10.8 Å². The molecule has 14 heavy (non-hydrogen) atoms. The zero-order valence-electron chi connectivity index (χ0n) is 7.36. The first-order valence-corrected chi connectivity index (χ1v) is 4.13. The van der Waals surface area contributed by atoms with Crippen molar-refractivity contribution in [2.45, 2.75) is 0 Å². The average molecular weight is 184 g/mol. The molecule has 0 radical (unpaired) electrons. The summed E-state index contributed by atoms with van der Waals surface area (Å²) in [6, 6.07) is 10.2. The highest BCUT2D eigenvalue weighted by molar-refractivity contribution is 5.97. The highest BCUT2D eigenvalue weighted by Crippen LogP contribution is 2.27. The summed E-state index contributed by atoms with van der Waals surface area (Å²) in [6.45, 7) is 0. The Bertz CT molecular complexity index is 541. The van der Waals surface area contributed by atoms with Crippen LogP contribution >= 0.6 is 0 Å². The first-order valence-electron chi connectivity index (χ1n) is 4.13. The van der Waals surface area contributed by atoms with Crippen LogP contribution in [-0.2, 0) is 0 Å². The predicted molar refractivity (Wildman–Crippen MR) is 54.7 cm³/mol. The van der Waals surface area contributed by atoms with Gasteiger partial charge in [-0.25, -0.2) is 0 Å². The summed E-state index contributed by atoms with van der Waals surface area (Å²) in [4.78, 5) is 0. The van der Waals surface area contributed by atoms with E-state index in [9.17, 15) is 5.11 Å². The standard InChI is InChI=1S/C11H8N2O/c12-6-7-1-4-11(13)10-5-8(14)2-3-9(7)10/h1-5,14H,13H2. The van der Waals surface area contributed by atoms with Crippen LogP contribution in [0.5, 0.6) is 5.75 Å². The van der Waals surface area contributed by atoms with Crippen molar-refractivity contribution in [3.63, 3.8) is 0 Å². The summed E-state index contributed by atoms with van der Waals surface area (Å²) < 4.78 is 0. The van der Waals surface area contributed by atoms with Crippen LogP contribution in [0.15, 0.2) is 30.3 Å². The molecular weight excluding hydrogens is 176 g/mol. The van der Waals surface area contributed by atoms with Crippen LogP contribution in [0.3, 0.4) is 0 Å². The molecule has 0 saturated heterocycles. The second kappa shape index (κ2) is 2.93. The third kappa shape index (κ3) is 1.14. The molecule has 68 valence electrons. The van der Waals surface area contributed by atoms with Crippen LogP contribution in [0, 0.1) is 11.3 Å². The Labute approximate surface area is 81.0 Å². The van der Waals surface area contributed by atoms with Crippen molar-refractivity contribution in [1.82, 2.24) is 0 Å². The lowest BCUT2D eigenvalue weighted by Gasteiger charge is -2.03. The molecule has 0 aliphatic heterocycles. The summed E-state index contributed by atoms with van der Waals surface area (Å²) in [5.41, 5.74) is 6.86. The van der Waals surface area contributed by atoms with Crippen molar-refractivity contribution in [3.05, 3.63) is 35.9 Å². The van der Waals surface area contributed by atoms with E-state index in [0.29, 0.717) is 16.6 Å². The van der Waals surface area contributed by atoms with E-state index in [0.717, 1.165) is 5.39 Å². The zero-order chi connectivity index (χ0) is 10.1. The Hall–Kier alpha value is -2.21. The molecule has 0 amide bonds. The van der Waals surface area contributed by atoms with Gasteiger partial charge in [0.1, 0.15) is 5.75 Å². The molecule has 2 rings (SSSR count). The Morgan fingerprint density at radius 3 is 2.64 bits per heavy atom. The third-order valence-corrected chi connectivity index (χ3v) is 2.15. The van der Waals surface area contributed by atoms with Crippen molar-refractivity contribution in [2.24, 2.45) is 0 Å². The van der Waals surface area contributed by atoms with Crippen molar-refractivity contribution in [1.29, 1.82) is 5.26 Å². The summed E-state index contributed by atoms with van der Waals surface area (Å²) in [6.07, 6.45) is 0. The monoisotopic (exact) mass is 184 g/mol. The highest BCUT2D eigenvalue weighted by Gasteiger charge is 2.03. The first-order chi connectivity index (χ1) is 6.72. The molecule has 0 saturated carbocycles. The number of fused-ring (bicyclic) bond motifs is 1. The van der Waals surface area contributed by atoms with Gasteiger partial charge in [-0.3, -0.25) is 0 Å². The number of anilines is 1. The van der Waals surface area contributed by atoms with Gasteiger partial charge in [-0.15, -0.1) is 0 Å². The predicted octanol–water partition coefficient (Wildman–Crippen LogP) is 2.00. The minimum absolute atomic E-state index is 0.152. The molecule has 3 N–H and O–H groups in total. The molecule has 0 unspecified atom stereocenters. The number of hydrogen-bond acceptors (Lipinski definition) is 3. The van der Waals surface area contributed by atoms with Gasteiger partial charge in [-0.1, -0.05) is 0 Å². The molecule has 0 bridgehead atoms. The van der Waals surface area contributed by atoms with E-state index >= 15 is 0 Å². The number of nitrogens with two attached hydrogens (primary N) is 1. The lowest BCUT2D eigenvalue weighted by Crippen LogP contribution is -1.88. The van der Waals surface area contributed by atoms with Gasteiger partial charge < -0.3 is 10.8 Å². The minimum atomic E-state index is 0.152. The van der Waals surface area contributed by atoms with Gasteiger partial charge in [0.15, 0.2) is 0 Å². The number of nitrogens with zero attached hydrogens (tertiary/aromatic N) is 1. The molecule has 0 spiro atoms. The average Bonchev–Trinajstić information content (AvgIpc) is 2.19. The molecular formula is C11H8N2O. The Kier molecular flexibility index (Phi) is 1.76. The van der Waals surface area contributed by atoms with Gasteiger partial charge in [0.25, 0.3) is 0 Å². The van der Waals surface area contributed by atoms with E-state index in [4.69, 9.17) is 11.0 Å². The summed E-state index contributed by atoms with van der Waals surface area (Å²) in [7, 11) is 0.